The summed E-state index contributed by atoms with van der Waals surface area (Å²) >= 11 is 0. The highest BCUT2D eigenvalue weighted by molar-refractivity contribution is 5.32. The van der Waals surface area contributed by atoms with Gasteiger partial charge in [0.25, 0.3) is 0 Å². The number of aryl methyl sites for hydroxylation is 2. The molecular weight excluding hydrogens is 310 g/mol. The number of aliphatic hydroxyl groups is 1. The first-order chi connectivity index (χ1) is 12.1. The van der Waals surface area contributed by atoms with E-state index in [0.717, 1.165) is 43.5 Å². The Bertz CT molecular complexity index is 685. The van der Waals surface area contributed by atoms with Gasteiger partial charge in [0.15, 0.2) is 0 Å². The number of hydrogen-bond donors (Lipinski definition) is 2. The Kier molecular flexibility index (Phi) is 6.11. The van der Waals surface area contributed by atoms with E-state index in [4.69, 9.17) is 4.74 Å². The fraction of sp³-hybridized carbons (Fsp3) is 0.455. The molecule has 0 heterocycles. The number of hydrogen-bond acceptors (Lipinski definition) is 3. The maximum Gasteiger partial charge on any atom is 0.126 e. The molecular formula is C22H29NO2. The van der Waals surface area contributed by atoms with Gasteiger partial charge in [0.05, 0.1) is 0 Å². The first-order valence-corrected chi connectivity index (χ1v) is 9.33. The lowest BCUT2D eigenvalue weighted by Gasteiger charge is -2.35. The van der Waals surface area contributed by atoms with Crippen LogP contribution >= 0.6 is 0 Å². The molecule has 1 saturated carbocycles. The molecule has 2 N–H and O–H groups in total. The van der Waals surface area contributed by atoms with Crippen molar-refractivity contribution in [2.45, 2.75) is 57.8 Å². The van der Waals surface area contributed by atoms with Gasteiger partial charge in [-0.2, -0.15) is 0 Å². The molecule has 0 amide bonds. The predicted molar refractivity (Wildman–Crippen MR) is 102 cm³/mol. The molecule has 3 rings (SSSR count). The standard InChI is InChI=1S/C22H29NO2/c1-16-8-3-5-10-18(16)14-15-23-19-11-7-13-21(22(19)24)25-20-12-6-4-9-17(20)2/h3-6,8-10,12,19,21-24H,7,11,13-15H2,1-2H3/t19-,21+,22+/m0/s1. The molecule has 25 heavy (non-hydrogen) atoms. The van der Waals surface area contributed by atoms with Crippen LogP contribution in [0.4, 0.5) is 0 Å². The highest BCUT2D eigenvalue weighted by atomic mass is 16.5. The molecule has 1 fully saturated rings. The predicted octanol–water partition coefficient (Wildman–Crippen LogP) is 3.80. The monoisotopic (exact) mass is 339 g/mol. The first-order valence-electron chi connectivity index (χ1n) is 9.33. The summed E-state index contributed by atoms with van der Waals surface area (Å²) in [6.45, 7) is 5.07. The number of aliphatic hydroxyl groups excluding tert-OH is 1. The second-order valence-corrected chi connectivity index (χ2v) is 7.08. The highest BCUT2D eigenvalue weighted by Gasteiger charge is 2.33. The fourth-order valence-electron chi connectivity index (χ4n) is 3.63. The summed E-state index contributed by atoms with van der Waals surface area (Å²) in [5, 5.41) is 14.3. The van der Waals surface area contributed by atoms with Crippen LogP contribution in [0.3, 0.4) is 0 Å². The molecule has 1 aliphatic carbocycles. The minimum atomic E-state index is -0.467. The van der Waals surface area contributed by atoms with Crippen molar-refractivity contribution in [2.75, 3.05) is 6.54 Å². The molecule has 134 valence electrons. The van der Waals surface area contributed by atoms with Crippen LogP contribution in [0, 0.1) is 13.8 Å². The largest absolute Gasteiger partial charge is 0.487 e. The van der Waals surface area contributed by atoms with Crippen LogP contribution < -0.4 is 10.1 Å². The normalized spacial score (nSPS) is 23.4. The Hall–Kier alpha value is -1.84. The molecule has 3 heteroatoms. The number of rotatable bonds is 6. The van der Waals surface area contributed by atoms with Crippen LogP contribution in [0.5, 0.6) is 5.75 Å². The van der Waals surface area contributed by atoms with Crippen molar-refractivity contribution in [3.63, 3.8) is 0 Å². The van der Waals surface area contributed by atoms with E-state index in [-0.39, 0.29) is 12.1 Å². The van der Waals surface area contributed by atoms with Crippen molar-refractivity contribution in [3.05, 3.63) is 65.2 Å². The van der Waals surface area contributed by atoms with E-state index >= 15 is 0 Å². The van der Waals surface area contributed by atoms with E-state index in [1.54, 1.807) is 0 Å². The van der Waals surface area contributed by atoms with Gasteiger partial charge in [-0.15, -0.1) is 0 Å². The molecule has 3 atom stereocenters. The third-order valence-electron chi connectivity index (χ3n) is 5.23. The third kappa shape index (κ3) is 4.62. The molecule has 2 aromatic rings. The zero-order valence-corrected chi connectivity index (χ0v) is 15.2. The van der Waals surface area contributed by atoms with Gasteiger partial charge in [0, 0.05) is 6.04 Å². The van der Waals surface area contributed by atoms with Gasteiger partial charge >= 0.3 is 0 Å². The van der Waals surface area contributed by atoms with E-state index in [1.165, 1.54) is 11.1 Å². The van der Waals surface area contributed by atoms with Crippen LogP contribution in [0.15, 0.2) is 48.5 Å². The summed E-state index contributed by atoms with van der Waals surface area (Å²) in [6, 6.07) is 16.6. The third-order valence-corrected chi connectivity index (χ3v) is 5.23. The average molecular weight is 339 g/mol. The highest BCUT2D eigenvalue weighted by Crippen LogP contribution is 2.26. The van der Waals surface area contributed by atoms with Crippen molar-refractivity contribution in [2.24, 2.45) is 0 Å². The Morgan fingerprint density at radius 3 is 2.48 bits per heavy atom. The van der Waals surface area contributed by atoms with Crippen LogP contribution in [-0.2, 0) is 6.42 Å². The van der Waals surface area contributed by atoms with Gasteiger partial charge in [-0.25, -0.2) is 0 Å². The number of ether oxygens (including phenoxy) is 1. The van der Waals surface area contributed by atoms with Crippen molar-refractivity contribution >= 4 is 0 Å². The van der Waals surface area contributed by atoms with E-state index in [1.807, 2.05) is 31.2 Å². The molecule has 0 bridgehead atoms. The molecule has 2 aromatic carbocycles. The maximum absolute atomic E-state index is 10.7. The zero-order valence-electron chi connectivity index (χ0n) is 15.2. The Morgan fingerprint density at radius 2 is 1.72 bits per heavy atom. The van der Waals surface area contributed by atoms with E-state index in [9.17, 15) is 5.11 Å². The van der Waals surface area contributed by atoms with Crippen molar-refractivity contribution in [3.8, 4) is 5.75 Å². The Balaban J connectivity index is 1.54. The summed E-state index contributed by atoms with van der Waals surface area (Å²) in [5.74, 6) is 0.882. The van der Waals surface area contributed by atoms with Gasteiger partial charge in [0.2, 0.25) is 0 Å². The van der Waals surface area contributed by atoms with Gasteiger partial charge in [-0.05, 0) is 68.8 Å². The molecule has 1 aliphatic rings. The minimum Gasteiger partial charge on any atom is -0.487 e. The summed E-state index contributed by atoms with van der Waals surface area (Å²) in [6.07, 6.45) is 3.37. The SMILES string of the molecule is Cc1ccccc1CCN[C@H]1CCC[C@@H](Oc2ccccc2C)[C@@H]1O. The van der Waals surface area contributed by atoms with E-state index in [2.05, 4.69) is 36.5 Å². The van der Waals surface area contributed by atoms with Crippen LogP contribution in [0.1, 0.15) is 36.0 Å². The molecule has 0 unspecified atom stereocenters. The minimum absolute atomic E-state index is 0.104. The first kappa shape index (κ1) is 18.0. The summed E-state index contributed by atoms with van der Waals surface area (Å²) in [7, 11) is 0. The second-order valence-electron chi connectivity index (χ2n) is 7.08. The van der Waals surface area contributed by atoms with Crippen molar-refractivity contribution < 1.29 is 9.84 Å². The lowest BCUT2D eigenvalue weighted by atomic mass is 9.89. The van der Waals surface area contributed by atoms with Crippen molar-refractivity contribution in [1.29, 1.82) is 0 Å². The number of para-hydroxylation sites is 1. The summed E-state index contributed by atoms with van der Waals surface area (Å²) in [5.41, 5.74) is 3.81. The fourth-order valence-corrected chi connectivity index (χ4v) is 3.63. The van der Waals surface area contributed by atoms with E-state index < -0.39 is 6.10 Å². The molecule has 0 spiro atoms. The number of benzene rings is 2. The quantitative estimate of drug-likeness (QED) is 0.841. The topological polar surface area (TPSA) is 41.5 Å². The Morgan fingerprint density at radius 1 is 1.00 bits per heavy atom. The lowest BCUT2D eigenvalue weighted by molar-refractivity contribution is -0.0154. The number of nitrogens with one attached hydrogen (secondary N) is 1. The zero-order chi connectivity index (χ0) is 17.6. The van der Waals surface area contributed by atoms with Crippen LogP contribution in [0.2, 0.25) is 0 Å². The van der Waals surface area contributed by atoms with Gasteiger partial charge in [-0.3, -0.25) is 0 Å². The van der Waals surface area contributed by atoms with Crippen molar-refractivity contribution in [1.82, 2.24) is 5.32 Å². The van der Waals surface area contributed by atoms with E-state index in [0.29, 0.717) is 0 Å². The smallest absolute Gasteiger partial charge is 0.126 e. The van der Waals surface area contributed by atoms with Gasteiger partial charge in [0.1, 0.15) is 18.0 Å². The lowest BCUT2D eigenvalue weighted by Crippen LogP contribution is -2.51. The maximum atomic E-state index is 10.7. The second kappa shape index (κ2) is 8.50. The van der Waals surface area contributed by atoms with Gasteiger partial charge in [-0.1, -0.05) is 42.5 Å². The van der Waals surface area contributed by atoms with Crippen LogP contribution in [0.25, 0.3) is 0 Å². The molecule has 0 saturated heterocycles. The average Bonchev–Trinajstić information content (AvgIpc) is 2.61. The molecule has 3 nitrogen and oxygen atoms in total. The molecule has 0 radical (unpaired) electrons. The Labute approximate surface area is 151 Å². The summed E-state index contributed by atoms with van der Waals surface area (Å²) < 4.78 is 6.12. The molecule has 0 aromatic heterocycles. The summed E-state index contributed by atoms with van der Waals surface area (Å²) in [4.78, 5) is 0. The molecule has 0 aliphatic heterocycles. The van der Waals surface area contributed by atoms with Gasteiger partial charge < -0.3 is 15.2 Å². The van der Waals surface area contributed by atoms with Crippen LogP contribution in [-0.4, -0.2) is 29.9 Å².